The third kappa shape index (κ3) is 5.25. The van der Waals surface area contributed by atoms with Crippen molar-refractivity contribution in [3.8, 4) is 5.75 Å². The Balaban J connectivity index is 1.49. The van der Waals surface area contributed by atoms with Gasteiger partial charge in [0.1, 0.15) is 5.75 Å². The Hall–Kier alpha value is -2.37. The van der Waals surface area contributed by atoms with Crippen molar-refractivity contribution >= 4 is 11.6 Å². The van der Waals surface area contributed by atoms with E-state index in [0.29, 0.717) is 19.8 Å². The molecule has 0 atom stereocenters. The van der Waals surface area contributed by atoms with E-state index in [1.165, 1.54) is 24.8 Å². The molecule has 0 saturated carbocycles. The van der Waals surface area contributed by atoms with Gasteiger partial charge < -0.3 is 19.1 Å². The number of hydrogen-bond donors (Lipinski definition) is 0. The molecule has 5 heteroatoms. The molecule has 2 aliphatic heterocycles. The van der Waals surface area contributed by atoms with Crippen LogP contribution in [0.3, 0.4) is 0 Å². The number of hydrogen-bond acceptors (Lipinski definition) is 4. The van der Waals surface area contributed by atoms with Crippen LogP contribution in [0.2, 0.25) is 0 Å². The number of benzene rings is 2. The lowest BCUT2D eigenvalue weighted by atomic mass is 10.00. The third-order valence-corrected chi connectivity index (χ3v) is 6.48. The highest BCUT2D eigenvalue weighted by molar-refractivity contribution is 6.06. The average Bonchev–Trinajstić information content (AvgIpc) is 3.06. The lowest BCUT2D eigenvalue weighted by molar-refractivity contribution is -0.256. The van der Waals surface area contributed by atoms with Crippen molar-refractivity contribution in [2.45, 2.75) is 77.5 Å². The monoisotopic (exact) mass is 451 g/mol. The van der Waals surface area contributed by atoms with Gasteiger partial charge in [0, 0.05) is 5.56 Å². The van der Waals surface area contributed by atoms with E-state index in [9.17, 15) is 4.79 Å². The first kappa shape index (κ1) is 23.8. The van der Waals surface area contributed by atoms with E-state index in [-0.39, 0.29) is 5.91 Å². The van der Waals surface area contributed by atoms with Crippen molar-refractivity contribution in [2.75, 3.05) is 24.7 Å². The molecule has 2 heterocycles. The van der Waals surface area contributed by atoms with Gasteiger partial charge in [0.2, 0.25) is 0 Å². The third-order valence-electron chi connectivity index (χ3n) is 6.48. The second-order valence-corrected chi connectivity index (χ2v) is 9.07. The summed E-state index contributed by atoms with van der Waals surface area (Å²) in [6.07, 6.45) is 8.83. The van der Waals surface area contributed by atoms with Gasteiger partial charge in [-0.3, -0.25) is 4.79 Å². The van der Waals surface area contributed by atoms with Crippen molar-refractivity contribution in [1.82, 2.24) is 0 Å². The minimum absolute atomic E-state index is 0.124. The maximum Gasteiger partial charge on any atom is 0.292 e. The van der Waals surface area contributed by atoms with Crippen LogP contribution in [-0.2, 0) is 33.0 Å². The van der Waals surface area contributed by atoms with Crippen LogP contribution in [0.5, 0.6) is 5.75 Å². The molecule has 178 valence electrons. The summed E-state index contributed by atoms with van der Waals surface area (Å²) in [5.74, 6) is -0.544. The zero-order chi connectivity index (χ0) is 23.1. The first-order chi connectivity index (χ1) is 16.2. The molecule has 0 N–H and O–H groups in total. The van der Waals surface area contributed by atoms with Crippen LogP contribution in [0.25, 0.3) is 0 Å². The summed E-state index contributed by atoms with van der Waals surface area (Å²) in [6.45, 7) is 6.68. The van der Waals surface area contributed by atoms with Crippen LogP contribution in [0, 0.1) is 0 Å². The highest BCUT2D eigenvalue weighted by Gasteiger charge is 2.54. The summed E-state index contributed by atoms with van der Waals surface area (Å²) in [7, 11) is 0. The average molecular weight is 452 g/mol. The van der Waals surface area contributed by atoms with E-state index in [2.05, 4.69) is 32.0 Å². The normalized spacial score (nSPS) is 16.9. The fourth-order valence-electron chi connectivity index (χ4n) is 4.58. The zero-order valence-corrected chi connectivity index (χ0v) is 20.1. The number of ether oxygens (including phenoxy) is 3. The van der Waals surface area contributed by atoms with Gasteiger partial charge >= 0.3 is 0 Å². The van der Waals surface area contributed by atoms with Gasteiger partial charge in [-0.25, -0.2) is 0 Å². The van der Waals surface area contributed by atoms with E-state index in [1.807, 2.05) is 29.2 Å². The number of anilines is 1. The van der Waals surface area contributed by atoms with Gasteiger partial charge in [0.05, 0.1) is 32.1 Å². The molecule has 5 nitrogen and oxygen atoms in total. The quantitative estimate of drug-likeness (QED) is 0.386. The van der Waals surface area contributed by atoms with Gasteiger partial charge in [-0.1, -0.05) is 57.7 Å². The molecule has 1 fully saturated rings. The summed E-state index contributed by atoms with van der Waals surface area (Å²) in [6, 6.07) is 14.4. The van der Waals surface area contributed by atoms with E-state index >= 15 is 0 Å². The molecule has 1 amide bonds. The zero-order valence-electron chi connectivity index (χ0n) is 20.1. The summed E-state index contributed by atoms with van der Waals surface area (Å²) < 4.78 is 18.0. The van der Waals surface area contributed by atoms with Gasteiger partial charge in [-0.05, 0) is 61.1 Å². The number of fused-ring (bicyclic) bond motifs is 2. The van der Waals surface area contributed by atoms with E-state index in [0.717, 1.165) is 61.3 Å². The fourth-order valence-corrected chi connectivity index (χ4v) is 4.58. The number of nitrogens with zero attached hydrogens (tertiary/aromatic N) is 1. The van der Waals surface area contributed by atoms with Crippen molar-refractivity contribution in [3.63, 3.8) is 0 Å². The van der Waals surface area contributed by atoms with Crippen molar-refractivity contribution in [1.29, 1.82) is 0 Å². The van der Waals surface area contributed by atoms with E-state index < -0.39 is 5.79 Å². The number of carbonyl (C=O) groups is 1. The van der Waals surface area contributed by atoms with Gasteiger partial charge in [0.25, 0.3) is 11.7 Å². The summed E-state index contributed by atoms with van der Waals surface area (Å²) in [4.78, 5) is 15.4. The molecule has 33 heavy (non-hydrogen) atoms. The molecule has 0 aliphatic carbocycles. The Morgan fingerprint density at radius 2 is 1.64 bits per heavy atom. The molecule has 2 aromatic carbocycles. The Morgan fingerprint density at radius 1 is 0.909 bits per heavy atom. The van der Waals surface area contributed by atoms with Gasteiger partial charge in [-0.2, -0.15) is 0 Å². The number of rotatable bonds is 11. The minimum atomic E-state index is -1.29. The highest BCUT2D eigenvalue weighted by Crippen LogP contribution is 2.46. The van der Waals surface area contributed by atoms with Crippen LogP contribution in [0.4, 0.5) is 5.69 Å². The van der Waals surface area contributed by atoms with E-state index in [1.54, 1.807) is 0 Å². The SMILES string of the molecule is CCCCCCOc1ccc(CN2C(=O)C3(OCCCO3)c3cc(CCCC)ccc32)cc1. The van der Waals surface area contributed by atoms with Crippen LogP contribution in [0.15, 0.2) is 42.5 Å². The molecular formula is C28H37NO4. The largest absolute Gasteiger partial charge is 0.494 e. The maximum absolute atomic E-state index is 13.6. The van der Waals surface area contributed by atoms with Gasteiger partial charge in [-0.15, -0.1) is 0 Å². The van der Waals surface area contributed by atoms with Crippen molar-refractivity contribution in [2.24, 2.45) is 0 Å². The molecule has 1 saturated heterocycles. The Kier molecular flexibility index (Phi) is 8.05. The molecular weight excluding hydrogens is 414 g/mol. The second kappa shape index (κ2) is 11.2. The van der Waals surface area contributed by atoms with Crippen LogP contribution < -0.4 is 9.64 Å². The highest BCUT2D eigenvalue weighted by atomic mass is 16.7. The first-order valence-electron chi connectivity index (χ1n) is 12.6. The standard InChI is InChI=1S/C28H37NO4/c1-3-5-7-8-17-31-24-14-11-23(12-15-24)21-29-26-16-13-22(10-6-4-2)20-25(26)28(27(29)30)32-18-9-19-33-28/h11-16,20H,3-10,17-19,21H2,1-2H3. The topological polar surface area (TPSA) is 48.0 Å². The van der Waals surface area contributed by atoms with Crippen LogP contribution >= 0.6 is 0 Å². The maximum atomic E-state index is 13.6. The fraction of sp³-hybridized carbons (Fsp3) is 0.536. The Bertz CT molecular complexity index is 918. The molecule has 0 unspecified atom stereocenters. The second-order valence-electron chi connectivity index (χ2n) is 9.07. The Labute approximate surface area is 198 Å². The van der Waals surface area contributed by atoms with E-state index in [4.69, 9.17) is 14.2 Å². The molecule has 4 rings (SSSR count). The number of unbranched alkanes of at least 4 members (excludes halogenated alkanes) is 4. The predicted octanol–water partition coefficient (Wildman–Crippen LogP) is 6.12. The number of carbonyl (C=O) groups excluding carboxylic acids is 1. The molecule has 2 aliphatic rings. The lowest BCUT2D eigenvalue weighted by Gasteiger charge is -2.32. The Morgan fingerprint density at radius 3 is 2.36 bits per heavy atom. The minimum Gasteiger partial charge on any atom is -0.494 e. The first-order valence-corrected chi connectivity index (χ1v) is 12.6. The summed E-state index contributed by atoms with van der Waals surface area (Å²) in [5, 5.41) is 0. The summed E-state index contributed by atoms with van der Waals surface area (Å²) in [5.41, 5.74) is 4.02. The molecule has 0 radical (unpaired) electrons. The van der Waals surface area contributed by atoms with Gasteiger partial charge in [0.15, 0.2) is 0 Å². The molecule has 2 aromatic rings. The predicted molar refractivity (Wildman–Crippen MR) is 131 cm³/mol. The van der Waals surface area contributed by atoms with Crippen molar-refractivity contribution in [3.05, 3.63) is 59.2 Å². The molecule has 0 aromatic heterocycles. The molecule has 1 spiro atoms. The number of amides is 1. The summed E-state index contributed by atoms with van der Waals surface area (Å²) >= 11 is 0. The van der Waals surface area contributed by atoms with Crippen LogP contribution in [-0.4, -0.2) is 25.7 Å². The smallest absolute Gasteiger partial charge is 0.292 e. The van der Waals surface area contributed by atoms with Crippen molar-refractivity contribution < 1.29 is 19.0 Å². The number of aryl methyl sites for hydroxylation is 1. The molecule has 0 bridgehead atoms. The lowest BCUT2D eigenvalue weighted by Crippen LogP contribution is -2.47. The van der Waals surface area contributed by atoms with Crippen LogP contribution in [0.1, 0.15) is 75.5 Å².